The molecular weight excluding hydrogens is 166 g/mol. The average Bonchev–Trinajstić information content (AvgIpc) is 2.19. The largest absolute Gasteiger partial charge is 0.314 e. The van der Waals surface area contributed by atoms with E-state index in [0.717, 1.165) is 45.6 Å². The topological polar surface area (TPSA) is 64.0 Å². The second kappa shape index (κ2) is 6.71. The van der Waals surface area contributed by atoms with E-state index in [1.54, 1.807) is 0 Å². The standard InChI is InChI=1S/C8H17N5/c9-12-11-3-1-2-6-13-7-4-10-5-8-13/h10H,1-8H2. The van der Waals surface area contributed by atoms with Crippen molar-refractivity contribution >= 4 is 0 Å². The number of nitrogens with zero attached hydrogens (tertiary/aromatic N) is 4. The molecule has 5 heteroatoms. The molecule has 74 valence electrons. The minimum absolute atomic E-state index is 0.641. The number of nitrogens with one attached hydrogen (secondary N) is 1. The Labute approximate surface area is 78.7 Å². The van der Waals surface area contributed by atoms with Crippen LogP contribution in [-0.2, 0) is 0 Å². The molecule has 1 heterocycles. The van der Waals surface area contributed by atoms with E-state index in [9.17, 15) is 0 Å². The number of unbranched alkanes of at least 4 members (excludes halogenated alkanes) is 1. The highest BCUT2D eigenvalue weighted by atomic mass is 15.2. The molecule has 0 aromatic heterocycles. The van der Waals surface area contributed by atoms with Crippen molar-refractivity contribution in [3.05, 3.63) is 10.4 Å². The molecule has 1 N–H and O–H groups in total. The third-order valence-electron chi connectivity index (χ3n) is 2.26. The Morgan fingerprint density at radius 3 is 2.77 bits per heavy atom. The molecular formula is C8H17N5. The van der Waals surface area contributed by atoms with Crippen molar-refractivity contribution in [1.29, 1.82) is 0 Å². The maximum atomic E-state index is 8.05. The Morgan fingerprint density at radius 2 is 2.08 bits per heavy atom. The van der Waals surface area contributed by atoms with Crippen LogP contribution in [0.15, 0.2) is 5.11 Å². The molecule has 1 aliphatic heterocycles. The van der Waals surface area contributed by atoms with Gasteiger partial charge < -0.3 is 10.2 Å². The number of rotatable bonds is 5. The summed E-state index contributed by atoms with van der Waals surface area (Å²) < 4.78 is 0. The predicted molar refractivity (Wildman–Crippen MR) is 52.6 cm³/mol. The van der Waals surface area contributed by atoms with E-state index in [2.05, 4.69) is 20.2 Å². The van der Waals surface area contributed by atoms with Crippen LogP contribution >= 0.6 is 0 Å². The molecule has 13 heavy (non-hydrogen) atoms. The molecule has 0 radical (unpaired) electrons. The normalized spacial score (nSPS) is 18.2. The summed E-state index contributed by atoms with van der Waals surface area (Å²) >= 11 is 0. The van der Waals surface area contributed by atoms with E-state index in [1.165, 1.54) is 0 Å². The highest BCUT2D eigenvalue weighted by molar-refractivity contribution is 4.67. The van der Waals surface area contributed by atoms with Crippen LogP contribution in [0.5, 0.6) is 0 Å². The number of azide groups is 1. The lowest BCUT2D eigenvalue weighted by Gasteiger charge is -2.26. The summed E-state index contributed by atoms with van der Waals surface area (Å²) in [7, 11) is 0. The van der Waals surface area contributed by atoms with Gasteiger partial charge in [-0.15, -0.1) is 0 Å². The Morgan fingerprint density at radius 1 is 1.31 bits per heavy atom. The van der Waals surface area contributed by atoms with Gasteiger partial charge in [0.15, 0.2) is 0 Å². The molecule has 0 saturated carbocycles. The van der Waals surface area contributed by atoms with Crippen molar-refractivity contribution in [1.82, 2.24) is 10.2 Å². The van der Waals surface area contributed by atoms with Gasteiger partial charge in [-0.3, -0.25) is 0 Å². The summed E-state index contributed by atoms with van der Waals surface area (Å²) in [6.07, 6.45) is 2.15. The molecule has 0 unspecified atom stereocenters. The van der Waals surface area contributed by atoms with E-state index in [4.69, 9.17) is 5.53 Å². The van der Waals surface area contributed by atoms with Crippen LogP contribution < -0.4 is 5.32 Å². The van der Waals surface area contributed by atoms with Crippen molar-refractivity contribution < 1.29 is 0 Å². The molecule has 0 bridgehead atoms. The molecule has 0 amide bonds. The van der Waals surface area contributed by atoms with E-state index < -0.39 is 0 Å². The Hall–Kier alpha value is -0.770. The van der Waals surface area contributed by atoms with Gasteiger partial charge in [-0.25, -0.2) is 0 Å². The third-order valence-corrected chi connectivity index (χ3v) is 2.26. The highest BCUT2D eigenvalue weighted by Crippen LogP contribution is 1.97. The van der Waals surface area contributed by atoms with Crippen LogP contribution in [-0.4, -0.2) is 44.2 Å². The minimum atomic E-state index is 0.641. The molecule has 5 nitrogen and oxygen atoms in total. The molecule has 1 rings (SSSR count). The molecule has 0 aromatic carbocycles. The SMILES string of the molecule is [N-]=[N+]=NCCCCN1CCNCC1. The van der Waals surface area contributed by atoms with Gasteiger partial charge in [0.25, 0.3) is 0 Å². The Kier molecular flexibility index (Phi) is 5.33. The second-order valence-electron chi connectivity index (χ2n) is 3.25. The fourth-order valence-electron chi connectivity index (χ4n) is 1.50. The third kappa shape index (κ3) is 4.72. The van der Waals surface area contributed by atoms with Gasteiger partial charge in [0.1, 0.15) is 0 Å². The molecule has 1 aliphatic rings. The summed E-state index contributed by atoms with van der Waals surface area (Å²) in [5.74, 6) is 0. The molecule has 0 spiro atoms. The first-order valence-corrected chi connectivity index (χ1v) is 4.87. The van der Waals surface area contributed by atoms with Crippen molar-refractivity contribution in [2.24, 2.45) is 5.11 Å². The second-order valence-corrected chi connectivity index (χ2v) is 3.25. The molecule has 1 fully saturated rings. The van der Waals surface area contributed by atoms with E-state index >= 15 is 0 Å². The minimum Gasteiger partial charge on any atom is -0.314 e. The molecule has 1 saturated heterocycles. The number of hydrogen-bond donors (Lipinski definition) is 1. The number of hydrogen-bond acceptors (Lipinski definition) is 3. The van der Waals surface area contributed by atoms with E-state index in [-0.39, 0.29) is 0 Å². The van der Waals surface area contributed by atoms with E-state index in [1.807, 2.05) is 0 Å². The van der Waals surface area contributed by atoms with Crippen LogP contribution in [0, 0.1) is 0 Å². The zero-order valence-electron chi connectivity index (χ0n) is 7.95. The molecule has 0 atom stereocenters. The predicted octanol–water partition coefficient (Wildman–Crippen LogP) is 0.982. The van der Waals surface area contributed by atoms with E-state index in [0.29, 0.717) is 6.54 Å². The summed E-state index contributed by atoms with van der Waals surface area (Å²) in [5.41, 5.74) is 8.05. The molecule has 0 aromatic rings. The summed E-state index contributed by atoms with van der Waals surface area (Å²) in [6.45, 7) is 6.31. The first kappa shape index (κ1) is 10.3. The monoisotopic (exact) mass is 183 g/mol. The van der Waals surface area contributed by atoms with Crippen LogP contribution in [0.25, 0.3) is 10.4 Å². The van der Waals surface area contributed by atoms with Gasteiger partial charge in [-0.2, -0.15) is 0 Å². The maximum absolute atomic E-state index is 8.05. The van der Waals surface area contributed by atoms with Gasteiger partial charge in [-0.05, 0) is 24.9 Å². The number of piperazine rings is 1. The van der Waals surface area contributed by atoms with Crippen LogP contribution in [0.3, 0.4) is 0 Å². The lowest BCUT2D eigenvalue weighted by atomic mass is 10.2. The van der Waals surface area contributed by atoms with Crippen LogP contribution in [0.1, 0.15) is 12.8 Å². The van der Waals surface area contributed by atoms with Crippen molar-refractivity contribution in [2.45, 2.75) is 12.8 Å². The van der Waals surface area contributed by atoms with Gasteiger partial charge in [0.05, 0.1) is 0 Å². The van der Waals surface area contributed by atoms with Crippen molar-refractivity contribution in [3.63, 3.8) is 0 Å². The first-order chi connectivity index (χ1) is 6.43. The lowest BCUT2D eigenvalue weighted by molar-refractivity contribution is 0.237. The Balaban J connectivity index is 1.94. The van der Waals surface area contributed by atoms with Crippen molar-refractivity contribution in [3.8, 4) is 0 Å². The van der Waals surface area contributed by atoms with Crippen LogP contribution in [0.2, 0.25) is 0 Å². The zero-order valence-corrected chi connectivity index (χ0v) is 7.95. The zero-order chi connectivity index (χ0) is 9.36. The summed E-state index contributed by atoms with van der Waals surface area (Å²) in [6, 6.07) is 0. The van der Waals surface area contributed by atoms with Crippen LogP contribution in [0.4, 0.5) is 0 Å². The summed E-state index contributed by atoms with van der Waals surface area (Å²) in [5, 5.41) is 6.82. The van der Waals surface area contributed by atoms with Gasteiger partial charge in [0, 0.05) is 37.6 Å². The van der Waals surface area contributed by atoms with Gasteiger partial charge >= 0.3 is 0 Å². The fraction of sp³-hybridized carbons (Fsp3) is 1.00. The Bertz CT molecular complexity index is 169. The highest BCUT2D eigenvalue weighted by Gasteiger charge is 2.07. The summed E-state index contributed by atoms with van der Waals surface area (Å²) in [4.78, 5) is 5.17. The van der Waals surface area contributed by atoms with Gasteiger partial charge in [-0.1, -0.05) is 5.11 Å². The first-order valence-electron chi connectivity index (χ1n) is 4.87. The van der Waals surface area contributed by atoms with Gasteiger partial charge in [0.2, 0.25) is 0 Å². The lowest BCUT2D eigenvalue weighted by Crippen LogP contribution is -2.43. The fourth-order valence-corrected chi connectivity index (χ4v) is 1.50. The maximum Gasteiger partial charge on any atom is 0.0258 e. The quantitative estimate of drug-likeness (QED) is 0.299. The average molecular weight is 183 g/mol. The van der Waals surface area contributed by atoms with Crippen molar-refractivity contribution in [2.75, 3.05) is 39.3 Å². The molecule has 0 aliphatic carbocycles. The smallest absolute Gasteiger partial charge is 0.0258 e.